The van der Waals surface area contributed by atoms with Gasteiger partial charge in [0.15, 0.2) is 0 Å². The number of hydrogen-bond donors (Lipinski definition) is 3. The lowest BCUT2D eigenvalue weighted by Gasteiger charge is -2.04. The van der Waals surface area contributed by atoms with Gasteiger partial charge in [-0.05, 0) is 30.7 Å². The summed E-state index contributed by atoms with van der Waals surface area (Å²) in [6, 6.07) is 4.22. The van der Waals surface area contributed by atoms with Gasteiger partial charge in [0.2, 0.25) is 11.8 Å². The number of aryl methyl sites for hydroxylation is 1. The van der Waals surface area contributed by atoms with E-state index in [0.29, 0.717) is 11.3 Å². The maximum Gasteiger partial charge on any atom is 0.293 e. The van der Waals surface area contributed by atoms with Crippen LogP contribution in [0.3, 0.4) is 0 Å². The number of H-pyrrole nitrogens is 1. The molecular formula is C10H10FN5O. The highest BCUT2D eigenvalue weighted by Gasteiger charge is 2.11. The minimum absolute atomic E-state index is 0.0226. The highest BCUT2D eigenvalue weighted by Crippen LogP contribution is 2.13. The third-order valence-electron chi connectivity index (χ3n) is 2.02. The van der Waals surface area contributed by atoms with Crippen molar-refractivity contribution in [3.63, 3.8) is 0 Å². The summed E-state index contributed by atoms with van der Waals surface area (Å²) in [6.45, 7) is 1.73. The number of benzene rings is 1. The quantitative estimate of drug-likeness (QED) is 0.725. The van der Waals surface area contributed by atoms with E-state index in [-0.39, 0.29) is 11.8 Å². The van der Waals surface area contributed by atoms with E-state index >= 15 is 0 Å². The third-order valence-corrected chi connectivity index (χ3v) is 2.02. The summed E-state index contributed by atoms with van der Waals surface area (Å²) in [7, 11) is 0. The third kappa shape index (κ3) is 2.57. The smallest absolute Gasteiger partial charge is 0.293 e. The Morgan fingerprint density at radius 2 is 2.24 bits per heavy atom. The highest BCUT2D eigenvalue weighted by molar-refractivity contribution is 6.01. The molecule has 2 aromatic rings. The number of nitrogen functional groups attached to an aromatic ring is 1. The lowest BCUT2D eigenvalue weighted by atomic mass is 10.2. The average molecular weight is 235 g/mol. The van der Waals surface area contributed by atoms with E-state index in [4.69, 9.17) is 5.73 Å². The number of nitrogens with two attached hydrogens (primary N) is 1. The molecule has 0 aliphatic heterocycles. The Bertz CT molecular complexity index is 545. The molecule has 0 bridgehead atoms. The van der Waals surface area contributed by atoms with Crippen LogP contribution in [0.25, 0.3) is 0 Å². The number of carbonyl (C=O) groups is 1. The number of hydrogen-bond acceptors (Lipinski definition) is 4. The summed E-state index contributed by atoms with van der Waals surface area (Å²) in [5.74, 6) is -0.994. The van der Waals surface area contributed by atoms with Gasteiger partial charge >= 0.3 is 0 Å². The standard InChI is InChI=1S/C10H10FN5O/c1-5-2-6(11)4-7(3-5)13-9(17)8-14-10(12)16-15-8/h2-4H,1H3,(H,13,17)(H3,12,14,15,16). The summed E-state index contributed by atoms with van der Waals surface area (Å²) in [5.41, 5.74) is 6.32. The Kier molecular flexibility index (Phi) is 2.73. The van der Waals surface area contributed by atoms with Crippen LogP contribution in [-0.2, 0) is 0 Å². The molecule has 17 heavy (non-hydrogen) atoms. The molecule has 4 N–H and O–H groups in total. The molecule has 0 spiro atoms. The molecular weight excluding hydrogens is 225 g/mol. The van der Waals surface area contributed by atoms with Gasteiger partial charge in [-0.15, -0.1) is 5.10 Å². The first-order valence-corrected chi connectivity index (χ1v) is 4.81. The normalized spacial score (nSPS) is 10.2. The molecule has 1 heterocycles. The van der Waals surface area contributed by atoms with Crippen LogP contribution in [0.15, 0.2) is 18.2 Å². The fourth-order valence-electron chi connectivity index (χ4n) is 1.38. The molecule has 0 radical (unpaired) electrons. The van der Waals surface area contributed by atoms with E-state index in [9.17, 15) is 9.18 Å². The van der Waals surface area contributed by atoms with E-state index in [1.165, 1.54) is 12.1 Å². The molecule has 0 unspecified atom stereocenters. The van der Waals surface area contributed by atoms with Gasteiger partial charge in [0.25, 0.3) is 5.91 Å². The first-order chi connectivity index (χ1) is 8.04. The van der Waals surface area contributed by atoms with Crippen molar-refractivity contribution in [3.8, 4) is 0 Å². The van der Waals surface area contributed by atoms with E-state index in [2.05, 4.69) is 20.5 Å². The van der Waals surface area contributed by atoms with Gasteiger partial charge < -0.3 is 11.1 Å². The molecule has 1 aromatic carbocycles. The monoisotopic (exact) mass is 235 g/mol. The van der Waals surface area contributed by atoms with Gasteiger partial charge in [0, 0.05) is 5.69 Å². The fraction of sp³-hybridized carbons (Fsp3) is 0.100. The van der Waals surface area contributed by atoms with Crippen molar-refractivity contribution in [2.24, 2.45) is 0 Å². The van der Waals surface area contributed by atoms with Gasteiger partial charge in [-0.3, -0.25) is 9.89 Å². The predicted octanol–water partition coefficient (Wildman–Crippen LogP) is 1.09. The van der Waals surface area contributed by atoms with Gasteiger partial charge in [0.1, 0.15) is 5.82 Å². The minimum Gasteiger partial charge on any atom is -0.366 e. The molecule has 0 saturated carbocycles. The van der Waals surface area contributed by atoms with Crippen molar-refractivity contribution in [1.82, 2.24) is 15.2 Å². The first-order valence-electron chi connectivity index (χ1n) is 4.81. The molecule has 2 rings (SSSR count). The van der Waals surface area contributed by atoms with Gasteiger partial charge in [-0.2, -0.15) is 4.98 Å². The van der Waals surface area contributed by atoms with Crippen LogP contribution >= 0.6 is 0 Å². The summed E-state index contributed by atoms with van der Waals surface area (Å²) in [6.07, 6.45) is 0. The summed E-state index contributed by atoms with van der Waals surface area (Å²) in [4.78, 5) is 15.3. The molecule has 0 atom stereocenters. The lowest BCUT2D eigenvalue weighted by molar-refractivity contribution is 0.101. The van der Waals surface area contributed by atoms with Crippen LogP contribution in [0.1, 0.15) is 16.2 Å². The number of nitrogens with one attached hydrogen (secondary N) is 2. The second-order valence-electron chi connectivity index (χ2n) is 3.51. The maximum absolute atomic E-state index is 13.1. The second kappa shape index (κ2) is 4.20. The number of carbonyl (C=O) groups excluding carboxylic acids is 1. The van der Waals surface area contributed by atoms with Crippen LogP contribution in [-0.4, -0.2) is 21.1 Å². The van der Waals surface area contributed by atoms with E-state index < -0.39 is 11.7 Å². The van der Waals surface area contributed by atoms with Crippen LogP contribution in [0.5, 0.6) is 0 Å². The Morgan fingerprint density at radius 1 is 1.47 bits per heavy atom. The molecule has 1 aromatic heterocycles. The molecule has 6 nitrogen and oxygen atoms in total. The molecule has 88 valence electrons. The molecule has 0 aliphatic rings. The Morgan fingerprint density at radius 3 is 2.82 bits per heavy atom. The zero-order valence-corrected chi connectivity index (χ0v) is 8.99. The van der Waals surface area contributed by atoms with Crippen molar-refractivity contribution in [2.75, 3.05) is 11.1 Å². The van der Waals surface area contributed by atoms with Crippen molar-refractivity contribution in [3.05, 3.63) is 35.4 Å². The van der Waals surface area contributed by atoms with E-state index in [1.54, 1.807) is 13.0 Å². The van der Waals surface area contributed by atoms with Crippen LogP contribution in [0, 0.1) is 12.7 Å². The van der Waals surface area contributed by atoms with Crippen LogP contribution < -0.4 is 11.1 Å². The van der Waals surface area contributed by atoms with Crippen LogP contribution in [0.2, 0.25) is 0 Å². The molecule has 0 saturated heterocycles. The number of amides is 1. The number of aromatic amines is 1. The number of rotatable bonds is 2. The Balaban J connectivity index is 2.18. The predicted molar refractivity (Wildman–Crippen MR) is 59.9 cm³/mol. The second-order valence-corrected chi connectivity index (χ2v) is 3.51. The number of halogens is 1. The lowest BCUT2D eigenvalue weighted by Crippen LogP contribution is -2.14. The van der Waals surface area contributed by atoms with Crippen LogP contribution in [0.4, 0.5) is 16.0 Å². The van der Waals surface area contributed by atoms with E-state index in [0.717, 1.165) is 0 Å². The zero-order valence-electron chi connectivity index (χ0n) is 8.99. The molecule has 0 aliphatic carbocycles. The molecule has 7 heteroatoms. The fourth-order valence-corrected chi connectivity index (χ4v) is 1.38. The topological polar surface area (TPSA) is 96.7 Å². The van der Waals surface area contributed by atoms with Gasteiger partial charge in [-0.25, -0.2) is 4.39 Å². The van der Waals surface area contributed by atoms with Crippen molar-refractivity contribution in [1.29, 1.82) is 0 Å². The summed E-state index contributed by atoms with van der Waals surface area (Å²) >= 11 is 0. The summed E-state index contributed by atoms with van der Waals surface area (Å²) in [5, 5.41) is 8.37. The summed E-state index contributed by atoms with van der Waals surface area (Å²) < 4.78 is 13.1. The number of aromatic nitrogens is 3. The van der Waals surface area contributed by atoms with Gasteiger partial charge in [0.05, 0.1) is 0 Å². The van der Waals surface area contributed by atoms with E-state index in [1.807, 2.05) is 0 Å². The molecule has 1 amide bonds. The van der Waals surface area contributed by atoms with Crippen molar-refractivity contribution in [2.45, 2.75) is 6.92 Å². The average Bonchev–Trinajstić information content (AvgIpc) is 2.63. The highest BCUT2D eigenvalue weighted by atomic mass is 19.1. The zero-order chi connectivity index (χ0) is 12.4. The largest absolute Gasteiger partial charge is 0.366 e. The van der Waals surface area contributed by atoms with Crippen molar-refractivity contribution >= 4 is 17.5 Å². The van der Waals surface area contributed by atoms with Crippen molar-refractivity contribution < 1.29 is 9.18 Å². The van der Waals surface area contributed by atoms with Gasteiger partial charge in [-0.1, -0.05) is 0 Å². The SMILES string of the molecule is Cc1cc(F)cc(NC(=O)c2nc(N)n[nH]2)c1. The maximum atomic E-state index is 13.1. The molecule has 0 fully saturated rings. The number of anilines is 2. The first kappa shape index (κ1) is 11.1. The Labute approximate surface area is 96.1 Å². The minimum atomic E-state index is -0.529. The Hall–Kier alpha value is -2.44. The number of nitrogens with zero attached hydrogens (tertiary/aromatic N) is 2.